The quantitative estimate of drug-likeness (QED) is 0.171. The molecule has 4 aromatic carbocycles. The number of ether oxygens (including phenoxy) is 3. The molecule has 0 unspecified atom stereocenters. The first-order valence-electron chi connectivity index (χ1n) is 17.8. The van der Waals surface area contributed by atoms with Gasteiger partial charge in [-0.15, -0.1) is 0 Å². The summed E-state index contributed by atoms with van der Waals surface area (Å²) >= 11 is 2.24. The Morgan fingerprint density at radius 2 is 1.49 bits per heavy atom. The number of hydroxylamine groups is 2. The lowest BCUT2D eigenvalue weighted by Crippen LogP contribution is -2.70. The Kier molecular flexibility index (Phi) is 9.85. The predicted octanol–water partition coefficient (Wildman–Crippen LogP) is 3.95. The Balaban J connectivity index is 1.23. The predicted molar refractivity (Wildman–Crippen MR) is 201 cm³/mol. The lowest BCUT2D eigenvalue weighted by molar-refractivity contribution is -0.214. The van der Waals surface area contributed by atoms with Crippen LogP contribution >= 0.6 is 22.6 Å². The molecule has 7 atom stereocenters. The molecule has 4 aliphatic rings. The van der Waals surface area contributed by atoms with Crippen molar-refractivity contribution in [1.82, 2.24) is 15.3 Å². The summed E-state index contributed by atoms with van der Waals surface area (Å²) in [5.41, 5.74) is 1.71. The molecule has 1 saturated carbocycles. The fourth-order valence-corrected chi connectivity index (χ4v) is 8.81. The van der Waals surface area contributed by atoms with Gasteiger partial charge < -0.3 is 29.5 Å². The van der Waals surface area contributed by atoms with Crippen LogP contribution in [-0.2, 0) is 52.2 Å². The summed E-state index contributed by atoms with van der Waals surface area (Å²) in [5, 5.41) is 13.8. The minimum atomic E-state index is -1.50. The number of hydrogen-bond donors (Lipinski definition) is 2. The van der Waals surface area contributed by atoms with Crippen LogP contribution in [0.4, 0.5) is 0 Å². The van der Waals surface area contributed by atoms with Gasteiger partial charge in [-0.2, -0.15) is 5.06 Å². The number of benzene rings is 4. The Labute approximate surface area is 321 Å². The lowest BCUT2D eigenvalue weighted by atomic mass is 9.62. The first-order valence-corrected chi connectivity index (χ1v) is 18.9. The number of halogens is 1. The van der Waals surface area contributed by atoms with Crippen molar-refractivity contribution in [2.45, 2.75) is 61.7 Å². The largest absolute Gasteiger partial charge is 0.458 e. The van der Waals surface area contributed by atoms with Crippen LogP contribution in [0.25, 0.3) is 0 Å². The molecule has 3 saturated heterocycles. The van der Waals surface area contributed by atoms with Crippen LogP contribution in [0.2, 0.25) is 0 Å². The van der Waals surface area contributed by atoms with Crippen LogP contribution < -0.4 is 5.32 Å². The molecule has 2 N–H and O–H groups in total. The molecule has 53 heavy (non-hydrogen) atoms. The Morgan fingerprint density at radius 1 is 0.887 bits per heavy atom. The molecule has 2 bridgehead atoms. The zero-order valence-electron chi connectivity index (χ0n) is 29.0. The van der Waals surface area contributed by atoms with Crippen molar-refractivity contribution >= 4 is 40.4 Å². The smallest absolute Gasteiger partial charge is 0.327 e. The third kappa shape index (κ3) is 6.24. The molecule has 274 valence electrons. The highest BCUT2D eigenvalue weighted by Gasteiger charge is 2.77. The van der Waals surface area contributed by atoms with Gasteiger partial charge >= 0.3 is 5.97 Å². The highest BCUT2D eigenvalue weighted by Crippen LogP contribution is 2.59. The molecule has 3 aliphatic heterocycles. The zero-order chi connectivity index (χ0) is 36.7. The number of rotatable bonds is 11. The molecule has 3 heterocycles. The van der Waals surface area contributed by atoms with Gasteiger partial charge in [0, 0.05) is 41.1 Å². The number of esters is 1. The SMILES string of the molecule is CN(C(=O)[C@@]12C[C@H]3OC(=O)[C@@H]1N(Cc1ccc(I)cc1)O[C@@H]2[C@H]1OC(c2ccccc2)(c2ccccc2)O[C@H]13)[C@H](Cc1ccccc1)C(=O)NCCO. The van der Waals surface area contributed by atoms with E-state index in [1.54, 1.807) is 12.1 Å². The molecule has 12 heteroatoms. The van der Waals surface area contributed by atoms with E-state index < -0.39 is 65.5 Å². The van der Waals surface area contributed by atoms with Gasteiger partial charge in [-0.05, 0) is 45.9 Å². The summed E-state index contributed by atoms with van der Waals surface area (Å²) < 4.78 is 21.3. The number of aliphatic hydroxyl groups excluding tert-OH is 1. The van der Waals surface area contributed by atoms with Crippen LogP contribution in [0, 0.1) is 8.99 Å². The van der Waals surface area contributed by atoms with Gasteiger partial charge in [-0.25, -0.2) is 0 Å². The molecule has 8 rings (SSSR count). The van der Waals surface area contributed by atoms with E-state index in [1.807, 2.05) is 115 Å². The number of fused-ring (bicyclic) bond motifs is 4. The van der Waals surface area contributed by atoms with E-state index in [-0.39, 0.29) is 32.5 Å². The molecular weight excluding hydrogens is 789 g/mol. The van der Waals surface area contributed by atoms with Crippen LogP contribution in [0.5, 0.6) is 0 Å². The van der Waals surface area contributed by atoms with Gasteiger partial charge in [0.1, 0.15) is 35.9 Å². The molecule has 0 spiro atoms. The van der Waals surface area contributed by atoms with Crippen molar-refractivity contribution < 1.29 is 38.5 Å². The third-order valence-electron chi connectivity index (χ3n) is 10.9. The van der Waals surface area contributed by atoms with Crippen LogP contribution in [0.15, 0.2) is 115 Å². The minimum Gasteiger partial charge on any atom is -0.458 e. The van der Waals surface area contributed by atoms with Crippen LogP contribution in [-0.4, -0.2) is 89.6 Å². The minimum absolute atomic E-state index is 0.0276. The maximum Gasteiger partial charge on any atom is 0.327 e. The second-order valence-electron chi connectivity index (χ2n) is 14.0. The van der Waals surface area contributed by atoms with E-state index in [9.17, 15) is 14.7 Å². The average molecular weight is 830 g/mol. The van der Waals surface area contributed by atoms with Crippen molar-refractivity contribution in [2.75, 3.05) is 20.2 Å². The number of hydrogen-bond acceptors (Lipinski definition) is 9. The summed E-state index contributed by atoms with van der Waals surface area (Å²) in [4.78, 5) is 51.8. The van der Waals surface area contributed by atoms with E-state index in [0.29, 0.717) is 0 Å². The van der Waals surface area contributed by atoms with Crippen molar-refractivity contribution in [2.24, 2.45) is 5.41 Å². The fourth-order valence-electron chi connectivity index (χ4n) is 8.45. The Morgan fingerprint density at radius 3 is 2.11 bits per heavy atom. The topological polar surface area (TPSA) is 127 Å². The normalized spacial score (nSPS) is 27.4. The second kappa shape index (κ2) is 14.6. The molecule has 4 aromatic rings. The number of amides is 2. The van der Waals surface area contributed by atoms with Crippen LogP contribution in [0.3, 0.4) is 0 Å². The molecule has 0 aromatic heterocycles. The van der Waals surface area contributed by atoms with Gasteiger partial charge in [0.15, 0.2) is 6.04 Å². The number of likely N-dealkylation sites (N-methyl/N-ethyl adjacent to an activating group) is 1. The van der Waals surface area contributed by atoms with Crippen molar-refractivity contribution in [3.8, 4) is 0 Å². The van der Waals surface area contributed by atoms with Gasteiger partial charge in [0.05, 0.1) is 13.2 Å². The average Bonchev–Trinajstić information content (AvgIpc) is 3.77. The number of nitrogens with zero attached hydrogens (tertiary/aromatic N) is 2. The van der Waals surface area contributed by atoms with Gasteiger partial charge in [-0.3, -0.25) is 19.2 Å². The van der Waals surface area contributed by atoms with E-state index in [1.165, 1.54) is 4.90 Å². The standard InChI is InChI=1S/C41H40IN3O8/c1-44(31(37(47)43-21-22-46)23-26-11-5-2-6-12-26)39(49)40-24-32-33-34(52-41(51-33,28-13-7-3-8-14-28)29-15-9-4-10-16-29)36(40)53-45(35(40)38(48)50-32)25-27-17-19-30(42)20-18-27/h2-20,31-36,46H,21-25H2,1H3,(H,43,47)/t31-,32-,33+,34+,35+,36-,40+/m1/s1. The molecule has 2 amide bonds. The summed E-state index contributed by atoms with van der Waals surface area (Å²) in [6.45, 7) is -0.0307. The molecule has 11 nitrogen and oxygen atoms in total. The van der Waals surface area contributed by atoms with Crippen molar-refractivity contribution in [1.29, 1.82) is 0 Å². The highest BCUT2D eigenvalue weighted by atomic mass is 127. The van der Waals surface area contributed by atoms with E-state index in [2.05, 4.69) is 27.9 Å². The molecule has 4 fully saturated rings. The Hall–Kier alpha value is -4.18. The number of aliphatic hydroxyl groups is 1. The molecular formula is C41H40IN3O8. The van der Waals surface area contributed by atoms with Crippen LogP contribution in [0.1, 0.15) is 28.7 Å². The summed E-state index contributed by atoms with van der Waals surface area (Å²) in [6, 6.07) is 34.4. The maximum absolute atomic E-state index is 15.5. The fraction of sp³-hybridized carbons (Fsp3) is 0.341. The summed E-state index contributed by atoms with van der Waals surface area (Å²) in [7, 11) is 1.59. The number of carbonyl (C=O) groups is 3. The first kappa shape index (κ1) is 35.8. The Bertz CT molecular complexity index is 1910. The highest BCUT2D eigenvalue weighted by molar-refractivity contribution is 14.1. The number of nitrogens with one attached hydrogen (secondary N) is 1. The second-order valence-corrected chi connectivity index (χ2v) is 15.2. The molecule has 0 radical (unpaired) electrons. The molecule has 1 aliphatic carbocycles. The van der Waals surface area contributed by atoms with E-state index >= 15 is 4.79 Å². The van der Waals surface area contributed by atoms with Crippen molar-refractivity contribution in [3.63, 3.8) is 0 Å². The maximum atomic E-state index is 15.5. The summed E-state index contributed by atoms with van der Waals surface area (Å²) in [6.07, 6.45) is -3.14. The third-order valence-corrected chi connectivity index (χ3v) is 11.6. The van der Waals surface area contributed by atoms with Crippen molar-refractivity contribution in [3.05, 3.63) is 141 Å². The zero-order valence-corrected chi connectivity index (χ0v) is 31.2. The monoisotopic (exact) mass is 829 g/mol. The van der Waals surface area contributed by atoms with Gasteiger partial charge in [0.25, 0.3) is 0 Å². The lowest BCUT2D eigenvalue weighted by Gasteiger charge is -2.50. The van der Waals surface area contributed by atoms with E-state index in [4.69, 9.17) is 19.0 Å². The van der Waals surface area contributed by atoms with Gasteiger partial charge in [-0.1, -0.05) is 103 Å². The summed E-state index contributed by atoms with van der Waals surface area (Å²) in [5.74, 6) is -2.84. The van der Waals surface area contributed by atoms with Gasteiger partial charge in [0.2, 0.25) is 17.6 Å². The first-order chi connectivity index (χ1) is 25.7. The van der Waals surface area contributed by atoms with E-state index in [0.717, 1.165) is 25.8 Å². The number of carbonyl (C=O) groups excluding carboxylic acids is 3.